The first-order chi connectivity index (χ1) is 16.6. The van der Waals surface area contributed by atoms with E-state index in [0.29, 0.717) is 0 Å². The van der Waals surface area contributed by atoms with E-state index in [4.69, 9.17) is 23.2 Å². The standard InChI is InChI=1S/C20H20Cl2N2O8S4/c21-13-1-5-15(6-2-13)35(29,30)23-17-9-33(25,26)11-19(17)24(20-12-34(27,28)10-18(20)23)36(31,32)16-7-3-14(22)4-8-16/h1-8,17-20H,9-12H2/t17-,18-,19-,20+/m0/s1. The number of rotatable bonds is 4. The minimum absolute atomic E-state index is 0.202. The highest BCUT2D eigenvalue weighted by molar-refractivity contribution is 7.93. The molecule has 3 heterocycles. The lowest BCUT2D eigenvalue weighted by Gasteiger charge is -2.48. The molecule has 3 fully saturated rings. The van der Waals surface area contributed by atoms with Crippen LogP contribution in [0.2, 0.25) is 10.0 Å². The Kier molecular flexibility index (Phi) is 6.32. The van der Waals surface area contributed by atoms with E-state index in [2.05, 4.69) is 0 Å². The van der Waals surface area contributed by atoms with Gasteiger partial charge in [0.15, 0.2) is 19.7 Å². The fourth-order valence-corrected chi connectivity index (χ4v) is 13.5. The Hall–Kier alpha value is -1.26. The Labute approximate surface area is 219 Å². The van der Waals surface area contributed by atoms with Gasteiger partial charge in [-0.05, 0) is 48.5 Å². The first kappa shape index (κ1) is 26.4. The number of piperazine rings is 1. The maximum absolute atomic E-state index is 13.8. The molecular formula is C20H20Cl2N2O8S4. The fourth-order valence-electron chi connectivity index (χ4n) is 5.25. The number of hydrogen-bond donors (Lipinski definition) is 0. The molecular weight excluding hydrogens is 595 g/mol. The number of nitrogens with zero attached hydrogens (tertiary/aromatic N) is 2. The lowest BCUT2D eigenvalue weighted by Crippen LogP contribution is -2.69. The van der Waals surface area contributed by atoms with Crippen molar-refractivity contribution in [1.82, 2.24) is 8.61 Å². The van der Waals surface area contributed by atoms with Gasteiger partial charge in [-0.2, -0.15) is 8.61 Å². The average Bonchev–Trinajstić information content (AvgIpc) is 3.24. The smallest absolute Gasteiger partial charge is 0.229 e. The van der Waals surface area contributed by atoms with Crippen molar-refractivity contribution in [2.24, 2.45) is 0 Å². The summed E-state index contributed by atoms with van der Waals surface area (Å²) in [6.45, 7) is 0. The van der Waals surface area contributed by atoms with Crippen LogP contribution < -0.4 is 0 Å². The number of sulfonamides is 2. The van der Waals surface area contributed by atoms with E-state index in [0.717, 1.165) is 8.61 Å². The molecule has 2 aromatic carbocycles. The number of hydrogen-bond acceptors (Lipinski definition) is 8. The van der Waals surface area contributed by atoms with E-state index in [-0.39, 0.29) is 19.8 Å². The van der Waals surface area contributed by atoms with Gasteiger partial charge in [-0.1, -0.05) is 23.2 Å². The van der Waals surface area contributed by atoms with Crippen molar-refractivity contribution < 1.29 is 33.7 Å². The summed E-state index contributed by atoms with van der Waals surface area (Å²) in [5, 5.41) is 0.547. The van der Waals surface area contributed by atoms with E-state index < -0.39 is 86.9 Å². The Bertz CT molecular complexity index is 1480. The maximum Gasteiger partial charge on any atom is 0.243 e. The second-order valence-corrected chi connectivity index (χ2v) is 17.9. The maximum atomic E-state index is 13.8. The minimum atomic E-state index is -4.42. The van der Waals surface area contributed by atoms with Gasteiger partial charge in [0, 0.05) is 10.0 Å². The Morgan fingerprint density at radius 1 is 0.556 bits per heavy atom. The van der Waals surface area contributed by atoms with E-state index in [1.54, 1.807) is 0 Å². The Balaban J connectivity index is 1.70. The summed E-state index contributed by atoms with van der Waals surface area (Å²) < 4.78 is 108. The van der Waals surface area contributed by atoms with Crippen molar-refractivity contribution in [3.63, 3.8) is 0 Å². The van der Waals surface area contributed by atoms with Gasteiger partial charge in [-0.25, -0.2) is 33.7 Å². The zero-order chi connectivity index (χ0) is 26.3. The predicted molar refractivity (Wildman–Crippen MR) is 133 cm³/mol. The van der Waals surface area contributed by atoms with E-state index >= 15 is 0 Å². The van der Waals surface area contributed by atoms with Crippen LogP contribution in [0.5, 0.6) is 0 Å². The molecule has 3 aliphatic rings. The van der Waals surface area contributed by atoms with Crippen LogP contribution in [0.4, 0.5) is 0 Å². The van der Waals surface area contributed by atoms with Gasteiger partial charge in [0.2, 0.25) is 20.0 Å². The third kappa shape index (κ3) is 4.38. The van der Waals surface area contributed by atoms with Crippen LogP contribution in [0.15, 0.2) is 58.3 Å². The molecule has 10 nitrogen and oxygen atoms in total. The molecule has 0 spiro atoms. The predicted octanol–water partition coefficient (Wildman–Crippen LogP) is 1.02. The van der Waals surface area contributed by atoms with Gasteiger partial charge in [0.05, 0.1) is 57.0 Å². The molecule has 0 aliphatic carbocycles. The summed E-state index contributed by atoms with van der Waals surface area (Å²) in [4.78, 5) is -0.404. The highest BCUT2D eigenvalue weighted by atomic mass is 35.5. The molecule has 4 atom stereocenters. The molecule has 0 radical (unpaired) electrons. The van der Waals surface area contributed by atoms with Crippen molar-refractivity contribution in [2.75, 3.05) is 23.0 Å². The molecule has 196 valence electrons. The molecule has 3 aliphatic heterocycles. The highest BCUT2D eigenvalue weighted by Gasteiger charge is 2.63. The largest absolute Gasteiger partial charge is 0.243 e. The van der Waals surface area contributed by atoms with Crippen molar-refractivity contribution >= 4 is 62.9 Å². The van der Waals surface area contributed by atoms with Gasteiger partial charge in [-0.3, -0.25) is 0 Å². The number of halogens is 2. The van der Waals surface area contributed by atoms with Gasteiger partial charge < -0.3 is 0 Å². The number of fused-ring (bicyclic) bond motifs is 2. The van der Waals surface area contributed by atoms with Crippen LogP contribution in [0.3, 0.4) is 0 Å². The third-order valence-electron chi connectivity index (χ3n) is 6.67. The SMILES string of the molecule is O=S1(=O)C[C@@H]2[C@H](C1)N(S(=O)(=O)c1ccc(Cl)cc1)[C@H]1CS(=O)(=O)C[C@@H]1N2S(=O)(=O)c1ccc(Cl)cc1. The van der Waals surface area contributed by atoms with Gasteiger partial charge in [0.25, 0.3) is 0 Å². The third-order valence-corrected chi connectivity index (χ3v) is 14.5. The molecule has 36 heavy (non-hydrogen) atoms. The summed E-state index contributed by atoms with van der Waals surface area (Å²) in [6, 6.07) is 5.11. The Morgan fingerprint density at radius 2 is 0.806 bits per heavy atom. The van der Waals surface area contributed by atoms with E-state index in [1.807, 2.05) is 0 Å². The quantitative estimate of drug-likeness (QED) is 0.496. The molecule has 0 N–H and O–H groups in total. The first-order valence-electron chi connectivity index (χ1n) is 10.6. The molecule has 0 saturated carbocycles. The second kappa shape index (κ2) is 8.63. The molecule has 3 saturated heterocycles. The molecule has 0 bridgehead atoms. The summed E-state index contributed by atoms with van der Waals surface area (Å²) in [7, 11) is -16.6. The average molecular weight is 616 g/mol. The van der Waals surface area contributed by atoms with Crippen LogP contribution in [0, 0.1) is 0 Å². The zero-order valence-corrected chi connectivity index (χ0v) is 23.1. The van der Waals surface area contributed by atoms with Crippen molar-refractivity contribution in [3.8, 4) is 0 Å². The van der Waals surface area contributed by atoms with Crippen molar-refractivity contribution in [3.05, 3.63) is 58.6 Å². The monoisotopic (exact) mass is 614 g/mol. The minimum Gasteiger partial charge on any atom is -0.229 e. The molecule has 0 aromatic heterocycles. The van der Waals surface area contributed by atoms with E-state index in [1.165, 1.54) is 48.5 Å². The van der Waals surface area contributed by atoms with Crippen molar-refractivity contribution in [2.45, 2.75) is 34.0 Å². The lowest BCUT2D eigenvalue weighted by molar-refractivity contribution is 0.0841. The number of benzene rings is 2. The number of sulfone groups is 2. The summed E-state index contributed by atoms with van der Waals surface area (Å²) >= 11 is 11.8. The van der Waals surface area contributed by atoms with Gasteiger partial charge in [-0.15, -0.1) is 0 Å². The lowest BCUT2D eigenvalue weighted by atomic mass is 10.0. The second-order valence-electron chi connectivity index (χ2n) is 9.00. The van der Waals surface area contributed by atoms with Gasteiger partial charge >= 0.3 is 0 Å². The summed E-state index contributed by atoms with van der Waals surface area (Å²) in [5.41, 5.74) is 0. The topological polar surface area (TPSA) is 143 Å². The zero-order valence-electron chi connectivity index (χ0n) is 18.3. The molecule has 0 amide bonds. The molecule has 16 heteroatoms. The van der Waals surface area contributed by atoms with Crippen molar-refractivity contribution in [1.29, 1.82) is 0 Å². The molecule has 5 rings (SSSR count). The highest BCUT2D eigenvalue weighted by Crippen LogP contribution is 2.43. The van der Waals surface area contributed by atoms with Gasteiger partial charge in [0.1, 0.15) is 0 Å². The van der Waals surface area contributed by atoms with Crippen LogP contribution in [-0.4, -0.2) is 89.5 Å². The first-order valence-corrected chi connectivity index (χ1v) is 17.9. The van der Waals surface area contributed by atoms with Crippen LogP contribution in [-0.2, 0) is 39.7 Å². The summed E-state index contributed by atoms with van der Waals surface area (Å²) in [5.74, 6) is -2.55. The normalized spacial score (nSPS) is 30.1. The fraction of sp³-hybridized carbons (Fsp3) is 0.400. The molecule has 2 aromatic rings. The van der Waals surface area contributed by atoms with E-state index in [9.17, 15) is 33.7 Å². The molecule has 0 unspecified atom stereocenters. The Morgan fingerprint density at radius 3 is 1.06 bits per heavy atom. The summed E-state index contributed by atoms with van der Waals surface area (Å²) in [6.07, 6.45) is 0. The van der Waals surface area contributed by atoms with Crippen LogP contribution in [0.25, 0.3) is 0 Å². The van der Waals surface area contributed by atoms with Crippen LogP contribution >= 0.6 is 23.2 Å². The van der Waals surface area contributed by atoms with Crippen LogP contribution in [0.1, 0.15) is 0 Å².